The predicted molar refractivity (Wildman–Crippen MR) is 201 cm³/mol. The minimum Gasteiger partial charge on any atom is -1.00 e. The van der Waals surface area contributed by atoms with Crippen molar-refractivity contribution < 1.29 is 51.0 Å². The zero-order chi connectivity index (χ0) is 32.3. The third-order valence-corrected chi connectivity index (χ3v) is 8.49. The fourth-order valence-electron chi connectivity index (χ4n) is 5.97. The molecule has 0 aliphatic rings. The first-order valence-electron chi connectivity index (χ1n) is 16.9. The van der Waals surface area contributed by atoms with Gasteiger partial charge in [0.1, 0.15) is 0 Å². The fraction of sp³-hybridized carbons (Fsp3) is 0.289. The Morgan fingerprint density at radius 2 is 0.875 bits per heavy atom. The van der Waals surface area contributed by atoms with Crippen molar-refractivity contribution in [2.24, 2.45) is 0 Å². The molecule has 0 atom stereocenters. The van der Waals surface area contributed by atoms with Gasteiger partial charge in [-0.2, -0.15) is 12.1 Å². The smallest absolute Gasteiger partial charge is 1.00 e. The fourth-order valence-corrected chi connectivity index (χ4v) is 5.97. The molecule has 0 spiro atoms. The van der Waals surface area contributed by atoms with Gasteiger partial charge in [0.15, 0.2) is 0 Å². The van der Waals surface area contributed by atoms with Crippen LogP contribution >= 0.6 is 0 Å². The molecule has 0 N–H and O–H groups in total. The molecule has 0 aliphatic carbocycles. The minimum atomic E-state index is 0. The van der Waals surface area contributed by atoms with Gasteiger partial charge in [-0.05, 0) is 46.9 Å². The summed E-state index contributed by atoms with van der Waals surface area (Å²) in [6.07, 6.45) is 5.49. The zero-order valence-corrected chi connectivity index (χ0v) is 33.7. The summed E-state index contributed by atoms with van der Waals surface area (Å²) < 4.78 is 0. The second kappa shape index (κ2) is 21.6. The van der Waals surface area contributed by atoms with E-state index in [1.165, 1.54) is 91.7 Å². The minimum absolute atomic E-state index is 0. The Hall–Kier alpha value is -2.44. The van der Waals surface area contributed by atoms with E-state index in [4.69, 9.17) is 0 Å². The van der Waals surface area contributed by atoms with Gasteiger partial charge < -0.3 is 45.1 Å². The third-order valence-electron chi connectivity index (χ3n) is 8.49. The van der Waals surface area contributed by atoms with E-state index in [0.29, 0.717) is 11.8 Å². The SMILES string of the molecule is CCCc1ccc(-c2cccc3[cH-]c(C(C)C)cc23)cc1.CCCc1ccc(-c2cccc3[cH-]c(C(C)C)cc23)cc1.[CH2-]C[CH2-].[Cl-].[Cl-].[Zr+2]. The van der Waals surface area contributed by atoms with Crippen molar-refractivity contribution in [2.45, 2.75) is 85.5 Å². The molecule has 48 heavy (non-hydrogen) atoms. The third kappa shape index (κ3) is 11.3. The second-order valence-corrected chi connectivity index (χ2v) is 12.8. The van der Waals surface area contributed by atoms with Gasteiger partial charge in [-0.15, -0.1) is 69.1 Å². The second-order valence-electron chi connectivity index (χ2n) is 12.8. The first-order valence-corrected chi connectivity index (χ1v) is 16.9. The molecule has 6 rings (SSSR count). The first-order chi connectivity index (χ1) is 21.8. The Morgan fingerprint density at radius 1 is 0.542 bits per heavy atom. The standard InChI is InChI=1S/2C21H23.C3H6.2ClH.Zr/c2*1-4-6-16-9-11-17(12-10-16)20-8-5-7-18-13-19(15(2)3)14-21(18)20;1-3-2;;;/h2*5,7-15H,4,6H2,1-3H3;1-3H2;2*1H;/q2*-1;-2;;;+2/p-2. The van der Waals surface area contributed by atoms with Crippen molar-refractivity contribution in [3.8, 4) is 22.3 Å². The Morgan fingerprint density at radius 3 is 1.17 bits per heavy atom. The van der Waals surface area contributed by atoms with Crippen molar-refractivity contribution in [3.05, 3.63) is 145 Å². The van der Waals surface area contributed by atoms with Crippen LogP contribution in [0.15, 0.2) is 109 Å². The molecule has 0 nitrogen and oxygen atoms in total. The van der Waals surface area contributed by atoms with Gasteiger partial charge in [-0.25, -0.2) is 0 Å². The molecule has 0 bridgehead atoms. The predicted octanol–water partition coefficient (Wildman–Crippen LogP) is 7.65. The van der Waals surface area contributed by atoms with Gasteiger partial charge >= 0.3 is 26.2 Å². The number of hydrogen-bond acceptors (Lipinski definition) is 0. The van der Waals surface area contributed by atoms with Crippen LogP contribution < -0.4 is 24.8 Å². The average molecular weight is 755 g/mol. The molecular weight excluding hydrogens is 703 g/mol. The molecular formula is C45H52Cl2Zr-4. The van der Waals surface area contributed by atoms with E-state index in [9.17, 15) is 0 Å². The van der Waals surface area contributed by atoms with E-state index in [1.54, 1.807) is 0 Å². The summed E-state index contributed by atoms with van der Waals surface area (Å²) in [5.41, 5.74) is 11.1. The summed E-state index contributed by atoms with van der Waals surface area (Å²) in [6.45, 7) is 20.2. The van der Waals surface area contributed by atoms with Crippen molar-refractivity contribution in [1.29, 1.82) is 0 Å². The Kier molecular flexibility index (Phi) is 19.6. The van der Waals surface area contributed by atoms with Gasteiger partial charge in [0, 0.05) is 0 Å². The number of hydrogen-bond donors (Lipinski definition) is 0. The van der Waals surface area contributed by atoms with Crippen LogP contribution in [0.25, 0.3) is 43.8 Å². The molecule has 0 aliphatic heterocycles. The molecule has 254 valence electrons. The topological polar surface area (TPSA) is 0 Å². The largest absolute Gasteiger partial charge is 2.00 e. The van der Waals surface area contributed by atoms with E-state index in [0.717, 1.165) is 6.42 Å². The number of fused-ring (bicyclic) bond motifs is 2. The number of halogens is 2. The van der Waals surface area contributed by atoms with E-state index >= 15 is 0 Å². The van der Waals surface area contributed by atoms with E-state index in [2.05, 4.69) is 165 Å². The molecule has 0 heterocycles. The van der Waals surface area contributed by atoms with Crippen molar-refractivity contribution >= 4 is 21.5 Å². The summed E-state index contributed by atoms with van der Waals surface area (Å²) in [5.74, 6) is 1.16. The molecule has 3 heteroatoms. The number of aryl methyl sites for hydroxylation is 2. The molecule has 6 aromatic carbocycles. The van der Waals surface area contributed by atoms with E-state index in [1.807, 2.05) is 0 Å². The van der Waals surface area contributed by atoms with Crippen LogP contribution in [0.4, 0.5) is 0 Å². The Labute approximate surface area is 323 Å². The van der Waals surface area contributed by atoms with Crippen LogP contribution in [0, 0.1) is 13.8 Å². The molecule has 0 saturated heterocycles. The summed E-state index contributed by atoms with van der Waals surface area (Å²) in [6, 6.07) is 40.8. The Balaban J connectivity index is 0.000000420. The molecule has 0 aromatic heterocycles. The summed E-state index contributed by atoms with van der Waals surface area (Å²) in [4.78, 5) is 0. The van der Waals surface area contributed by atoms with Crippen LogP contribution in [0.3, 0.4) is 0 Å². The van der Waals surface area contributed by atoms with Gasteiger partial charge in [0.25, 0.3) is 0 Å². The maximum absolute atomic E-state index is 3.38. The van der Waals surface area contributed by atoms with Gasteiger partial charge in [-0.1, -0.05) is 126 Å². The molecule has 0 saturated carbocycles. The van der Waals surface area contributed by atoms with Crippen LogP contribution in [0.2, 0.25) is 0 Å². The van der Waals surface area contributed by atoms with E-state index in [-0.39, 0.29) is 51.0 Å². The number of rotatable bonds is 8. The van der Waals surface area contributed by atoms with Gasteiger partial charge in [-0.3, -0.25) is 0 Å². The first kappa shape index (κ1) is 43.6. The van der Waals surface area contributed by atoms with Crippen LogP contribution in [0.1, 0.15) is 94.9 Å². The van der Waals surface area contributed by atoms with Crippen LogP contribution in [-0.2, 0) is 39.0 Å². The number of benzene rings is 4. The van der Waals surface area contributed by atoms with Crippen molar-refractivity contribution in [2.75, 3.05) is 0 Å². The summed E-state index contributed by atoms with van der Waals surface area (Å²) in [7, 11) is 0. The molecule has 0 radical (unpaired) electrons. The van der Waals surface area contributed by atoms with Crippen LogP contribution in [0.5, 0.6) is 0 Å². The summed E-state index contributed by atoms with van der Waals surface area (Å²) in [5, 5.41) is 5.47. The average Bonchev–Trinajstić information content (AvgIpc) is 3.69. The molecule has 6 aromatic rings. The van der Waals surface area contributed by atoms with Crippen LogP contribution in [-0.4, -0.2) is 0 Å². The van der Waals surface area contributed by atoms with E-state index < -0.39 is 0 Å². The normalized spacial score (nSPS) is 10.4. The molecule has 0 fully saturated rings. The quantitative estimate of drug-likeness (QED) is 0.140. The zero-order valence-electron chi connectivity index (χ0n) is 29.8. The monoisotopic (exact) mass is 752 g/mol. The van der Waals surface area contributed by atoms with Gasteiger partial charge in [0.2, 0.25) is 0 Å². The van der Waals surface area contributed by atoms with Gasteiger partial charge in [0.05, 0.1) is 0 Å². The maximum atomic E-state index is 3.38. The summed E-state index contributed by atoms with van der Waals surface area (Å²) >= 11 is 0. The molecule has 0 amide bonds. The maximum Gasteiger partial charge on any atom is 2.00 e. The van der Waals surface area contributed by atoms with Crippen molar-refractivity contribution in [1.82, 2.24) is 0 Å². The Bertz CT molecular complexity index is 1620. The van der Waals surface area contributed by atoms with Crippen molar-refractivity contribution in [3.63, 3.8) is 0 Å². The molecule has 0 unspecified atom stereocenters.